The van der Waals surface area contributed by atoms with Crippen LogP contribution in [-0.4, -0.2) is 19.3 Å². The SMILES string of the molecule is Cc1cncc(C(=O)Nc2ccc(S(=O)(=O)Cl)cc2F)c1. The molecule has 0 aliphatic heterocycles. The van der Waals surface area contributed by atoms with Crippen LogP contribution >= 0.6 is 10.7 Å². The summed E-state index contributed by atoms with van der Waals surface area (Å²) in [7, 11) is 1.09. The van der Waals surface area contributed by atoms with E-state index in [0.717, 1.165) is 23.8 Å². The number of nitrogens with zero attached hydrogens (tertiary/aromatic N) is 1. The summed E-state index contributed by atoms with van der Waals surface area (Å²) in [6, 6.07) is 4.57. The third-order valence-corrected chi connectivity index (χ3v) is 3.96. The largest absolute Gasteiger partial charge is 0.319 e. The van der Waals surface area contributed by atoms with Gasteiger partial charge in [-0.25, -0.2) is 12.8 Å². The Bertz CT molecular complexity index is 809. The lowest BCUT2D eigenvalue weighted by Crippen LogP contribution is -2.13. The Morgan fingerprint density at radius 1 is 1.29 bits per heavy atom. The van der Waals surface area contributed by atoms with Crippen LogP contribution in [0.4, 0.5) is 10.1 Å². The minimum Gasteiger partial charge on any atom is -0.319 e. The zero-order valence-electron chi connectivity index (χ0n) is 10.8. The fourth-order valence-electron chi connectivity index (χ4n) is 1.62. The number of amides is 1. The fourth-order valence-corrected chi connectivity index (χ4v) is 2.39. The van der Waals surface area contributed by atoms with E-state index in [9.17, 15) is 17.6 Å². The van der Waals surface area contributed by atoms with Crippen molar-refractivity contribution in [3.05, 3.63) is 53.6 Å². The van der Waals surface area contributed by atoms with Crippen molar-refractivity contribution in [2.24, 2.45) is 0 Å². The molecule has 0 atom stereocenters. The summed E-state index contributed by atoms with van der Waals surface area (Å²) in [4.78, 5) is 15.4. The van der Waals surface area contributed by atoms with E-state index >= 15 is 0 Å². The Balaban J connectivity index is 2.26. The Kier molecular flexibility index (Phi) is 4.24. The molecule has 0 aliphatic carbocycles. The first kappa shape index (κ1) is 15.4. The Morgan fingerprint density at radius 2 is 2.00 bits per heavy atom. The van der Waals surface area contributed by atoms with Crippen molar-refractivity contribution in [3.8, 4) is 0 Å². The molecule has 21 heavy (non-hydrogen) atoms. The number of hydrogen-bond donors (Lipinski definition) is 1. The van der Waals surface area contributed by atoms with Crippen molar-refractivity contribution in [1.29, 1.82) is 0 Å². The topological polar surface area (TPSA) is 76.1 Å². The van der Waals surface area contributed by atoms with Gasteiger partial charge in [-0.05, 0) is 36.8 Å². The zero-order valence-corrected chi connectivity index (χ0v) is 12.4. The molecule has 8 heteroatoms. The first-order chi connectivity index (χ1) is 9.77. The molecular formula is C13H10ClFN2O3S. The highest BCUT2D eigenvalue weighted by molar-refractivity contribution is 8.13. The number of carbonyl (C=O) groups is 1. The minimum absolute atomic E-state index is 0.148. The van der Waals surface area contributed by atoms with E-state index in [1.165, 1.54) is 6.20 Å². The lowest BCUT2D eigenvalue weighted by Gasteiger charge is -2.07. The first-order valence-electron chi connectivity index (χ1n) is 5.74. The molecule has 0 fully saturated rings. The van der Waals surface area contributed by atoms with Crippen LogP contribution < -0.4 is 5.32 Å². The Morgan fingerprint density at radius 3 is 2.57 bits per heavy atom. The normalized spacial score (nSPS) is 11.2. The van der Waals surface area contributed by atoms with Crippen LogP contribution in [0.1, 0.15) is 15.9 Å². The van der Waals surface area contributed by atoms with Crippen molar-refractivity contribution in [2.75, 3.05) is 5.32 Å². The number of aryl methyl sites for hydroxylation is 1. The maximum atomic E-state index is 13.8. The summed E-state index contributed by atoms with van der Waals surface area (Å²) in [6.45, 7) is 1.77. The van der Waals surface area contributed by atoms with Gasteiger partial charge < -0.3 is 5.32 Å². The molecular weight excluding hydrogens is 319 g/mol. The van der Waals surface area contributed by atoms with Crippen LogP contribution in [0.15, 0.2) is 41.6 Å². The van der Waals surface area contributed by atoms with Crippen molar-refractivity contribution in [1.82, 2.24) is 4.98 Å². The lowest BCUT2D eigenvalue weighted by atomic mass is 10.2. The van der Waals surface area contributed by atoms with E-state index < -0.39 is 20.8 Å². The van der Waals surface area contributed by atoms with Gasteiger partial charge in [-0.2, -0.15) is 0 Å². The average molecular weight is 329 g/mol. The second-order valence-electron chi connectivity index (χ2n) is 4.28. The number of carbonyl (C=O) groups excluding carboxylic acids is 1. The molecule has 0 spiro atoms. The number of aromatic nitrogens is 1. The van der Waals surface area contributed by atoms with Gasteiger partial charge in [0.1, 0.15) is 5.82 Å². The van der Waals surface area contributed by atoms with Gasteiger partial charge in [-0.3, -0.25) is 9.78 Å². The number of anilines is 1. The molecule has 1 heterocycles. The highest BCUT2D eigenvalue weighted by atomic mass is 35.7. The molecule has 0 saturated carbocycles. The molecule has 2 rings (SSSR count). The predicted molar refractivity (Wildman–Crippen MR) is 76.4 cm³/mol. The van der Waals surface area contributed by atoms with Crippen molar-refractivity contribution in [3.63, 3.8) is 0 Å². The molecule has 1 aromatic heterocycles. The van der Waals surface area contributed by atoms with Crippen LogP contribution in [0.2, 0.25) is 0 Å². The molecule has 0 radical (unpaired) electrons. The molecule has 1 amide bonds. The van der Waals surface area contributed by atoms with Crippen LogP contribution in [0.3, 0.4) is 0 Å². The van der Waals surface area contributed by atoms with E-state index in [1.54, 1.807) is 19.2 Å². The highest BCUT2D eigenvalue weighted by Crippen LogP contribution is 2.22. The van der Waals surface area contributed by atoms with Crippen molar-refractivity contribution in [2.45, 2.75) is 11.8 Å². The van der Waals surface area contributed by atoms with Crippen molar-refractivity contribution < 1.29 is 17.6 Å². The van der Waals surface area contributed by atoms with Gasteiger partial charge in [-0.1, -0.05) is 0 Å². The molecule has 1 N–H and O–H groups in total. The average Bonchev–Trinajstić information content (AvgIpc) is 2.39. The van der Waals surface area contributed by atoms with Gasteiger partial charge in [0.15, 0.2) is 0 Å². The number of benzene rings is 1. The monoisotopic (exact) mass is 328 g/mol. The molecule has 0 aliphatic rings. The minimum atomic E-state index is -4.02. The fraction of sp³-hybridized carbons (Fsp3) is 0.0769. The van der Waals surface area contributed by atoms with Crippen LogP contribution in [-0.2, 0) is 9.05 Å². The van der Waals surface area contributed by atoms with Crippen molar-refractivity contribution >= 4 is 31.3 Å². The number of rotatable bonds is 3. The van der Waals surface area contributed by atoms with Gasteiger partial charge in [0.05, 0.1) is 16.1 Å². The molecule has 0 unspecified atom stereocenters. The molecule has 5 nitrogen and oxygen atoms in total. The quantitative estimate of drug-likeness (QED) is 0.879. The van der Waals surface area contributed by atoms with E-state index in [2.05, 4.69) is 10.3 Å². The first-order valence-corrected chi connectivity index (χ1v) is 8.05. The third kappa shape index (κ3) is 3.77. The van der Waals surface area contributed by atoms with Gasteiger partial charge in [0.25, 0.3) is 15.0 Å². The maximum Gasteiger partial charge on any atom is 0.261 e. The molecule has 0 saturated heterocycles. The number of pyridine rings is 1. The summed E-state index contributed by atoms with van der Waals surface area (Å²) >= 11 is 0. The standard InChI is InChI=1S/C13H10ClFN2O3S/c1-8-4-9(7-16-6-8)13(18)17-12-3-2-10(5-11(12)15)21(14,19)20/h2-7H,1H3,(H,17,18). The zero-order chi connectivity index (χ0) is 15.6. The van der Waals surface area contributed by atoms with Gasteiger partial charge in [-0.15, -0.1) is 0 Å². The number of halogens is 2. The van der Waals surface area contributed by atoms with E-state index in [0.29, 0.717) is 0 Å². The molecule has 2 aromatic rings. The van der Waals surface area contributed by atoms with Gasteiger partial charge in [0.2, 0.25) is 0 Å². The van der Waals surface area contributed by atoms with E-state index in [1.807, 2.05) is 0 Å². The lowest BCUT2D eigenvalue weighted by molar-refractivity contribution is 0.102. The smallest absolute Gasteiger partial charge is 0.261 e. The Hall–Kier alpha value is -1.99. The van der Waals surface area contributed by atoms with Crippen LogP contribution in [0.25, 0.3) is 0 Å². The third-order valence-electron chi connectivity index (χ3n) is 2.61. The van der Waals surface area contributed by atoms with Crippen LogP contribution in [0.5, 0.6) is 0 Å². The van der Waals surface area contributed by atoms with Gasteiger partial charge in [0, 0.05) is 23.1 Å². The predicted octanol–water partition coefficient (Wildman–Crippen LogP) is 2.71. The summed E-state index contributed by atoms with van der Waals surface area (Å²) in [5.41, 5.74) is 0.903. The highest BCUT2D eigenvalue weighted by Gasteiger charge is 2.15. The van der Waals surface area contributed by atoms with E-state index in [-0.39, 0.29) is 16.1 Å². The second kappa shape index (κ2) is 5.79. The molecule has 0 bridgehead atoms. The van der Waals surface area contributed by atoms with Gasteiger partial charge >= 0.3 is 0 Å². The van der Waals surface area contributed by atoms with E-state index in [4.69, 9.17) is 10.7 Å². The maximum absolute atomic E-state index is 13.8. The number of hydrogen-bond acceptors (Lipinski definition) is 4. The Labute approximate surface area is 125 Å². The molecule has 1 aromatic carbocycles. The summed E-state index contributed by atoms with van der Waals surface area (Å²) in [5.74, 6) is -1.45. The summed E-state index contributed by atoms with van der Waals surface area (Å²) in [5, 5.41) is 2.34. The molecule has 110 valence electrons. The second-order valence-corrected chi connectivity index (χ2v) is 6.85. The van der Waals surface area contributed by atoms with Crippen LogP contribution in [0, 0.1) is 12.7 Å². The summed E-state index contributed by atoms with van der Waals surface area (Å²) < 4.78 is 35.9. The summed E-state index contributed by atoms with van der Waals surface area (Å²) in [6.07, 6.45) is 2.93. The number of nitrogens with one attached hydrogen (secondary N) is 1.